The van der Waals surface area contributed by atoms with Crippen LogP contribution >= 0.6 is 11.3 Å². The molecule has 6 nitrogen and oxygen atoms in total. The van der Waals surface area contributed by atoms with Crippen molar-refractivity contribution in [2.45, 2.75) is 0 Å². The Morgan fingerprint density at radius 2 is 2.14 bits per heavy atom. The average molecular weight is 316 g/mol. The lowest BCUT2D eigenvalue weighted by Crippen LogP contribution is -2.13. The van der Waals surface area contributed by atoms with E-state index in [4.69, 9.17) is 9.15 Å². The predicted octanol–water partition coefficient (Wildman–Crippen LogP) is 2.36. The van der Waals surface area contributed by atoms with Crippen LogP contribution < -0.4 is 4.80 Å². The van der Waals surface area contributed by atoms with E-state index in [0.29, 0.717) is 10.4 Å². The first-order chi connectivity index (χ1) is 10.6. The molecule has 1 amide bonds. The fraction of sp³-hybridized carbons (Fsp3) is 0.133. The van der Waals surface area contributed by atoms with Gasteiger partial charge >= 0.3 is 11.9 Å². The van der Waals surface area contributed by atoms with Crippen molar-refractivity contribution in [3.8, 4) is 0 Å². The van der Waals surface area contributed by atoms with Gasteiger partial charge in [-0.1, -0.05) is 11.3 Å². The molecule has 0 aliphatic carbocycles. The van der Waals surface area contributed by atoms with Crippen LogP contribution in [0.1, 0.15) is 20.9 Å². The van der Waals surface area contributed by atoms with Gasteiger partial charge in [-0.25, -0.2) is 4.79 Å². The van der Waals surface area contributed by atoms with Crippen molar-refractivity contribution in [1.29, 1.82) is 0 Å². The normalized spacial score (nSPS) is 11.8. The number of thiazole rings is 1. The summed E-state index contributed by atoms with van der Waals surface area (Å²) in [6.45, 7) is 0. The molecule has 0 aliphatic heterocycles. The number of nitrogens with zero attached hydrogens (tertiary/aromatic N) is 2. The summed E-state index contributed by atoms with van der Waals surface area (Å²) < 4.78 is 12.4. The molecule has 0 atom stereocenters. The number of fused-ring (bicyclic) bond motifs is 1. The Hall–Kier alpha value is -2.67. The lowest BCUT2D eigenvalue weighted by atomic mass is 10.2. The van der Waals surface area contributed by atoms with Crippen LogP contribution in [0.4, 0.5) is 0 Å². The first-order valence-electron chi connectivity index (χ1n) is 6.40. The molecular formula is C15H12N2O4S. The van der Waals surface area contributed by atoms with Gasteiger partial charge in [0.15, 0.2) is 10.6 Å². The van der Waals surface area contributed by atoms with E-state index in [1.54, 1.807) is 34.9 Å². The standard InChI is InChI=1S/C15H12N2O4S/c1-17-10-6-5-9(14(19)20-2)8-12(10)22-15(17)16-13(18)11-4-3-7-21-11/h3-8H,1-2H3. The number of carbonyl (C=O) groups is 2. The third-order valence-corrected chi connectivity index (χ3v) is 4.25. The average Bonchev–Trinajstić information content (AvgIpc) is 3.15. The first kappa shape index (κ1) is 14.3. The number of carbonyl (C=O) groups excluding carboxylic acids is 2. The van der Waals surface area contributed by atoms with Crippen molar-refractivity contribution in [2.75, 3.05) is 7.11 Å². The highest BCUT2D eigenvalue weighted by molar-refractivity contribution is 7.16. The van der Waals surface area contributed by atoms with Gasteiger partial charge in [0.1, 0.15) is 0 Å². The van der Waals surface area contributed by atoms with Crippen LogP contribution in [0, 0.1) is 0 Å². The molecule has 0 saturated carbocycles. The minimum absolute atomic E-state index is 0.188. The van der Waals surface area contributed by atoms with Gasteiger partial charge in [0, 0.05) is 7.05 Å². The number of rotatable bonds is 2. The highest BCUT2D eigenvalue weighted by Crippen LogP contribution is 2.19. The second-order valence-electron chi connectivity index (χ2n) is 4.51. The molecule has 0 radical (unpaired) electrons. The van der Waals surface area contributed by atoms with Crippen LogP contribution in [0.15, 0.2) is 46.0 Å². The van der Waals surface area contributed by atoms with E-state index in [2.05, 4.69) is 4.99 Å². The molecule has 0 bridgehead atoms. The minimum atomic E-state index is -0.444. The quantitative estimate of drug-likeness (QED) is 0.680. The number of esters is 1. The van der Waals surface area contributed by atoms with Gasteiger partial charge in [-0.2, -0.15) is 4.99 Å². The molecule has 1 aromatic carbocycles. The van der Waals surface area contributed by atoms with Crippen molar-refractivity contribution in [3.63, 3.8) is 0 Å². The van der Waals surface area contributed by atoms with Crippen LogP contribution in [0.3, 0.4) is 0 Å². The molecule has 3 aromatic rings. The van der Waals surface area contributed by atoms with E-state index in [1.165, 1.54) is 24.7 Å². The molecule has 2 heterocycles. The lowest BCUT2D eigenvalue weighted by molar-refractivity contribution is 0.0601. The van der Waals surface area contributed by atoms with Crippen LogP contribution in [0.5, 0.6) is 0 Å². The van der Waals surface area contributed by atoms with Gasteiger partial charge < -0.3 is 13.7 Å². The van der Waals surface area contributed by atoms with Crippen molar-refractivity contribution in [1.82, 2.24) is 4.57 Å². The Morgan fingerprint density at radius 3 is 2.82 bits per heavy atom. The van der Waals surface area contributed by atoms with Crippen molar-refractivity contribution < 1.29 is 18.7 Å². The molecule has 112 valence electrons. The summed E-state index contributed by atoms with van der Waals surface area (Å²) in [5.41, 5.74) is 1.34. The highest BCUT2D eigenvalue weighted by atomic mass is 32.1. The molecule has 7 heteroatoms. The molecule has 0 fully saturated rings. The van der Waals surface area contributed by atoms with Crippen molar-refractivity contribution in [3.05, 3.63) is 52.7 Å². The summed E-state index contributed by atoms with van der Waals surface area (Å²) >= 11 is 1.32. The summed E-state index contributed by atoms with van der Waals surface area (Å²) in [4.78, 5) is 28.1. The summed E-state index contributed by atoms with van der Waals surface area (Å²) in [5.74, 6) is -0.656. The number of methoxy groups -OCH3 is 1. The number of aryl methyl sites for hydroxylation is 1. The predicted molar refractivity (Wildman–Crippen MR) is 80.7 cm³/mol. The zero-order valence-corrected chi connectivity index (χ0v) is 12.7. The Morgan fingerprint density at radius 1 is 1.32 bits per heavy atom. The van der Waals surface area contributed by atoms with E-state index < -0.39 is 11.9 Å². The second kappa shape index (κ2) is 5.61. The number of hydrogen-bond acceptors (Lipinski definition) is 5. The molecule has 2 aromatic heterocycles. The summed E-state index contributed by atoms with van der Waals surface area (Å²) in [7, 11) is 3.15. The number of hydrogen-bond donors (Lipinski definition) is 0. The van der Waals surface area contributed by atoms with Gasteiger partial charge in [0.05, 0.1) is 29.2 Å². The summed E-state index contributed by atoms with van der Waals surface area (Å²) in [6, 6.07) is 8.40. The monoisotopic (exact) mass is 316 g/mol. The maximum absolute atomic E-state index is 12.0. The molecule has 0 spiro atoms. The Labute approximate surface area is 129 Å². The fourth-order valence-corrected chi connectivity index (χ4v) is 3.08. The molecule has 0 N–H and O–H groups in total. The van der Waals surface area contributed by atoms with Crippen molar-refractivity contribution in [2.24, 2.45) is 12.0 Å². The number of benzene rings is 1. The third kappa shape index (κ3) is 2.46. The second-order valence-corrected chi connectivity index (χ2v) is 5.52. The summed E-state index contributed by atoms with van der Waals surface area (Å²) in [5, 5.41) is 0. The molecule has 0 saturated heterocycles. The van der Waals surface area contributed by atoms with E-state index >= 15 is 0 Å². The fourth-order valence-electron chi connectivity index (χ4n) is 2.03. The zero-order valence-electron chi connectivity index (χ0n) is 11.9. The summed E-state index contributed by atoms with van der Waals surface area (Å²) in [6.07, 6.45) is 1.43. The van der Waals surface area contributed by atoms with Gasteiger partial charge in [0.25, 0.3) is 0 Å². The van der Waals surface area contributed by atoms with Crippen molar-refractivity contribution >= 4 is 33.4 Å². The largest absolute Gasteiger partial charge is 0.465 e. The van der Waals surface area contributed by atoms with E-state index in [-0.39, 0.29) is 5.76 Å². The van der Waals surface area contributed by atoms with Gasteiger partial charge in [-0.05, 0) is 30.3 Å². The molecular weight excluding hydrogens is 304 g/mol. The number of furan rings is 1. The number of amides is 1. The van der Waals surface area contributed by atoms with Gasteiger partial charge in [0.2, 0.25) is 0 Å². The topological polar surface area (TPSA) is 73.8 Å². The molecule has 3 rings (SSSR count). The van der Waals surface area contributed by atoms with Crippen LogP contribution in [0.25, 0.3) is 10.2 Å². The Kier molecular flexibility index (Phi) is 3.64. The highest BCUT2D eigenvalue weighted by Gasteiger charge is 2.11. The first-order valence-corrected chi connectivity index (χ1v) is 7.22. The van der Waals surface area contributed by atoms with Crippen LogP contribution in [-0.4, -0.2) is 23.6 Å². The Bertz CT molecular complexity index is 919. The van der Waals surface area contributed by atoms with Crippen LogP contribution in [0.2, 0.25) is 0 Å². The van der Waals surface area contributed by atoms with E-state index in [9.17, 15) is 9.59 Å². The minimum Gasteiger partial charge on any atom is -0.465 e. The van der Waals surface area contributed by atoms with Crippen LogP contribution in [-0.2, 0) is 11.8 Å². The molecule has 22 heavy (non-hydrogen) atoms. The van der Waals surface area contributed by atoms with E-state index in [1.807, 2.05) is 7.05 Å². The smallest absolute Gasteiger partial charge is 0.337 e. The zero-order chi connectivity index (χ0) is 15.7. The number of ether oxygens (including phenoxy) is 1. The lowest BCUT2D eigenvalue weighted by Gasteiger charge is -1.99. The number of aromatic nitrogens is 1. The SMILES string of the molecule is COC(=O)c1ccc2c(c1)sc(=NC(=O)c1ccco1)n2C. The Balaban J connectivity index is 2.09. The maximum Gasteiger partial charge on any atom is 0.337 e. The van der Waals surface area contributed by atoms with E-state index in [0.717, 1.165) is 10.2 Å². The van der Waals surface area contributed by atoms with Gasteiger partial charge in [-0.15, -0.1) is 0 Å². The molecule has 0 aliphatic rings. The van der Waals surface area contributed by atoms with Gasteiger partial charge in [-0.3, -0.25) is 4.79 Å². The third-order valence-electron chi connectivity index (χ3n) is 3.16. The molecule has 0 unspecified atom stereocenters. The maximum atomic E-state index is 12.0.